The number of hydrogen-bond acceptors (Lipinski definition) is 4. The molecule has 0 bridgehead atoms. The molecule has 1 amide bonds. The van der Waals surface area contributed by atoms with Gasteiger partial charge in [0.15, 0.2) is 0 Å². The molecule has 4 rings (SSSR count). The van der Waals surface area contributed by atoms with E-state index in [4.69, 9.17) is 0 Å². The molecular weight excluding hydrogens is 488 g/mol. The molecule has 0 aromatic heterocycles. The zero-order valence-electron chi connectivity index (χ0n) is 22.8. The molecule has 0 unspecified atom stereocenters. The predicted octanol–water partition coefficient (Wildman–Crippen LogP) is 5.37. The van der Waals surface area contributed by atoms with Crippen LogP contribution >= 0.6 is 0 Å². The number of halogens is 2. The summed E-state index contributed by atoms with van der Waals surface area (Å²) in [5.74, 6) is -2.38. The van der Waals surface area contributed by atoms with Crippen LogP contribution in [0.2, 0.25) is 0 Å². The van der Waals surface area contributed by atoms with E-state index >= 15 is 0 Å². The topological polar surface area (TPSA) is 64.1 Å². The average Bonchev–Trinajstić information content (AvgIpc) is 3.28. The summed E-state index contributed by atoms with van der Waals surface area (Å²) in [5.41, 5.74) is 0.193. The molecule has 2 saturated heterocycles. The maximum absolute atomic E-state index is 14.8. The van der Waals surface area contributed by atoms with Crippen LogP contribution in [-0.4, -0.2) is 82.0 Å². The minimum absolute atomic E-state index is 0. The molecule has 1 aromatic carbocycles. The van der Waals surface area contributed by atoms with Gasteiger partial charge in [0.05, 0.1) is 5.92 Å². The van der Waals surface area contributed by atoms with Gasteiger partial charge in [-0.25, -0.2) is 8.78 Å². The summed E-state index contributed by atoms with van der Waals surface area (Å²) in [6.45, 7) is 10.8. The van der Waals surface area contributed by atoms with Gasteiger partial charge in [-0.15, -0.1) is 0 Å². The molecule has 4 atom stereocenters. The molecule has 1 aromatic rings. The van der Waals surface area contributed by atoms with Gasteiger partial charge >= 0.3 is 5.97 Å². The average molecular weight is 536 g/mol. The third kappa shape index (κ3) is 6.74. The highest BCUT2D eigenvalue weighted by Crippen LogP contribution is 2.39. The SMILES string of the molecule is C.C[C@H]1CN([C@@H](CC2CCCCC2)C(=O)O)CCN1C(=O)[C@@H]1CN(C(C)(C)C)C[C@H]1c1ccc(F)cc1F. The highest BCUT2D eigenvalue weighted by atomic mass is 19.1. The van der Waals surface area contributed by atoms with Crippen LogP contribution in [0.5, 0.6) is 0 Å². The second-order valence-corrected chi connectivity index (χ2v) is 12.4. The Hall–Kier alpha value is -2.06. The van der Waals surface area contributed by atoms with Crippen molar-refractivity contribution in [2.45, 2.75) is 97.2 Å². The monoisotopic (exact) mass is 535 g/mol. The van der Waals surface area contributed by atoms with Gasteiger partial charge in [-0.3, -0.25) is 19.4 Å². The first-order valence-corrected chi connectivity index (χ1v) is 13.9. The van der Waals surface area contributed by atoms with E-state index in [9.17, 15) is 23.5 Å². The second-order valence-electron chi connectivity index (χ2n) is 12.4. The van der Waals surface area contributed by atoms with E-state index in [2.05, 4.69) is 25.7 Å². The molecule has 0 radical (unpaired) electrons. The number of carbonyl (C=O) groups excluding carboxylic acids is 1. The Morgan fingerprint density at radius 1 is 1.05 bits per heavy atom. The zero-order valence-corrected chi connectivity index (χ0v) is 22.8. The number of carboxylic acid groups (broad SMARTS) is 1. The Balaban J connectivity index is 0.00000400. The quantitative estimate of drug-likeness (QED) is 0.531. The lowest BCUT2D eigenvalue weighted by atomic mass is 9.84. The standard InChI is InChI=1S/C29H43F2N3O3.CH4/c1-19-16-32(26(28(36)37)14-20-8-6-5-7-9-20)12-13-34(19)27(35)24-18-33(29(2,3)4)17-23(24)22-11-10-21(30)15-25(22)31;/h10-11,15,19-20,23-24,26H,5-9,12-14,16-18H2,1-4H3,(H,36,37);1H4/t19-,23-,24+,26-;/m0./s1. The first-order chi connectivity index (χ1) is 17.5. The number of hydrogen-bond donors (Lipinski definition) is 1. The van der Waals surface area contributed by atoms with Gasteiger partial charge in [0, 0.05) is 56.3 Å². The van der Waals surface area contributed by atoms with Crippen molar-refractivity contribution in [3.63, 3.8) is 0 Å². The minimum Gasteiger partial charge on any atom is -0.480 e. The third-order valence-corrected chi connectivity index (χ3v) is 8.90. The molecule has 2 heterocycles. The molecule has 6 nitrogen and oxygen atoms in total. The minimum atomic E-state index is -0.777. The van der Waals surface area contributed by atoms with Crippen molar-refractivity contribution in [1.82, 2.24) is 14.7 Å². The number of benzene rings is 1. The maximum Gasteiger partial charge on any atom is 0.320 e. The number of likely N-dealkylation sites (tertiary alicyclic amines) is 1. The smallest absolute Gasteiger partial charge is 0.320 e. The molecule has 214 valence electrons. The fourth-order valence-corrected chi connectivity index (χ4v) is 6.67. The van der Waals surface area contributed by atoms with Gasteiger partial charge in [0.1, 0.15) is 17.7 Å². The summed E-state index contributed by atoms with van der Waals surface area (Å²) in [6.07, 6.45) is 6.47. The molecule has 38 heavy (non-hydrogen) atoms. The van der Waals surface area contributed by atoms with Crippen molar-refractivity contribution in [2.24, 2.45) is 11.8 Å². The molecule has 1 aliphatic carbocycles. The van der Waals surface area contributed by atoms with Crippen LogP contribution in [0.4, 0.5) is 8.78 Å². The van der Waals surface area contributed by atoms with Gasteiger partial charge in [0.25, 0.3) is 0 Å². The molecule has 1 N–H and O–H groups in total. The van der Waals surface area contributed by atoms with Crippen LogP contribution in [0.1, 0.15) is 85.1 Å². The van der Waals surface area contributed by atoms with E-state index in [1.165, 1.54) is 31.4 Å². The number of aliphatic carboxylic acids is 1. The van der Waals surface area contributed by atoms with Crippen molar-refractivity contribution in [2.75, 3.05) is 32.7 Å². The van der Waals surface area contributed by atoms with E-state index in [0.29, 0.717) is 50.6 Å². The van der Waals surface area contributed by atoms with E-state index in [1.807, 2.05) is 16.7 Å². The largest absolute Gasteiger partial charge is 0.480 e. The highest BCUT2D eigenvalue weighted by molar-refractivity contribution is 5.81. The van der Waals surface area contributed by atoms with Gasteiger partial charge in [-0.2, -0.15) is 0 Å². The summed E-state index contributed by atoms with van der Waals surface area (Å²) >= 11 is 0. The van der Waals surface area contributed by atoms with Crippen LogP contribution in [0, 0.1) is 23.5 Å². The normalized spacial score (nSPS) is 26.7. The van der Waals surface area contributed by atoms with Crippen LogP contribution in [0.25, 0.3) is 0 Å². The van der Waals surface area contributed by atoms with E-state index in [-0.39, 0.29) is 30.8 Å². The Morgan fingerprint density at radius 3 is 2.32 bits per heavy atom. The molecule has 1 saturated carbocycles. The lowest BCUT2D eigenvalue weighted by Gasteiger charge is -2.44. The zero-order chi connectivity index (χ0) is 26.9. The fraction of sp³-hybridized carbons (Fsp3) is 0.733. The van der Waals surface area contributed by atoms with Crippen LogP contribution in [0.3, 0.4) is 0 Å². The number of rotatable bonds is 6. The molecule has 3 aliphatic rings. The Labute approximate surface area is 227 Å². The van der Waals surface area contributed by atoms with E-state index in [0.717, 1.165) is 18.9 Å². The lowest BCUT2D eigenvalue weighted by Crippen LogP contribution is -2.59. The number of carboxylic acids is 1. The number of piperazine rings is 1. The highest BCUT2D eigenvalue weighted by Gasteiger charge is 2.46. The molecular formula is C30H47F2N3O3. The first-order valence-electron chi connectivity index (χ1n) is 13.9. The van der Waals surface area contributed by atoms with Crippen molar-refractivity contribution < 1.29 is 23.5 Å². The van der Waals surface area contributed by atoms with Gasteiger partial charge in [0.2, 0.25) is 5.91 Å². The summed E-state index contributed by atoms with van der Waals surface area (Å²) in [6, 6.07) is 2.98. The Morgan fingerprint density at radius 2 is 1.74 bits per heavy atom. The number of amides is 1. The van der Waals surface area contributed by atoms with Gasteiger partial charge < -0.3 is 10.0 Å². The van der Waals surface area contributed by atoms with Crippen molar-refractivity contribution in [3.05, 3.63) is 35.4 Å². The molecule has 3 fully saturated rings. The fourth-order valence-electron chi connectivity index (χ4n) is 6.67. The Bertz CT molecular complexity index is 976. The molecule has 8 heteroatoms. The van der Waals surface area contributed by atoms with Gasteiger partial charge in [-0.05, 0) is 51.7 Å². The van der Waals surface area contributed by atoms with E-state index < -0.39 is 29.6 Å². The van der Waals surface area contributed by atoms with E-state index in [1.54, 1.807) is 0 Å². The van der Waals surface area contributed by atoms with Crippen LogP contribution in [-0.2, 0) is 9.59 Å². The summed E-state index contributed by atoms with van der Waals surface area (Å²) in [5, 5.41) is 10.0. The molecule has 0 spiro atoms. The number of carbonyl (C=O) groups is 2. The lowest BCUT2D eigenvalue weighted by molar-refractivity contribution is -0.148. The predicted molar refractivity (Wildman–Crippen MR) is 146 cm³/mol. The Kier molecular flexibility index (Phi) is 9.96. The third-order valence-electron chi connectivity index (χ3n) is 8.90. The van der Waals surface area contributed by atoms with Crippen LogP contribution in [0.15, 0.2) is 18.2 Å². The first kappa shape index (κ1) is 30.5. The second kappa shape index (κ2) is 12.4. The number of nitrogens with zero attached hydrogens (tertiary/aromatic N) is 3. The van der Waals surface area contributed by atoms with Crippen molar-refractivity contribution in [1.29, 1.82) is 0 Å². The summed E-state index contributed by atoms with van der Waals surface area (Å²) in [7, 11) is 0. The van der Waals surface area contributed by atoms with Crippen molar-refractivity contribution in [3.8, 4) is 0 Å². The summed E-state index contributed by atoms with van der Waals surface area (Å²) < 4.78 is 28.5. The summed E-state index contributed by atoms with van der Waals surface area (Å²) in [4.78, 5) is 32.2. The molecule has 2 aliphatic heterocycles. The van der Waals surface area contributed by atoms with Crippen molar-refractivity contribution >= 4 is 11.9 Å². The van der Waals surface area contributed by atoms with Crippen LogP contribution < -0.4 is 0 Å². The van der Waals surface area contributed by atoms with Gasteiger partial charge in [-0.1, -0.05) is 45.6 Å². The maximum atomic E-state index is 14.8.